The largest absolute Gasteiger partial charge is 0.436 e. The van der Waals surface area contributed by atoms with Gasteiger partial charge in [0, 0.05) is 12.6 Å². The van der Waals surface area contributed by atoms with Gasteiger partial charge < -0.3 is 4.74 Å². The summed E-state index contributed by atoms with van der Waals surface area (Å²) in [6.07, 6.45) is -0.631. The fraction of sp³-hybridized carbons (Fsp3) is 0.133. The van der Waals surface area contributed by atoms with E-state index < -0.39 is 0 Å². The fourth-order valence-electron chi connectivity index (χ4n) is 2.23. The molecule has 1 aliphatic rings. The molecule has 1 amide bonds. The summed E-state index contributed by atoms with van der Waals surface area (Å²) in [5, 5.41) is 0. The van der Waals surface area contributed by atoms with Crippen LogP contribution in [0, 0.1) is 0 Å². The first-order valence-corrected chi connectivity index (χ1v) is 5.85. The maximum Gasteiger partial charge on any atom is 0.414 e. The molecule has 0 spiro atoms. The molecule has 1 aliphatic heterocycles. The van der Waals surface area contributed by atoms with Gasteiger partial charge in [-0.1, -0.05) is 48.5 Å². The van der Waals surface area contributed by atoms with Crippen molar-refractivity contribution in [3.8, 4) is 0 Å². The van der Waals surface area contributed by atoms with E-state index in [1.807, 2.05) is 54.6 Å². The summed E-state index contributed by atoms with van der Waals surface area (Å²) in [6, 6.07) is 17.6. The first-order chi connectivity index (χ1) is 8.77. The molecule has 0 fully saturated rings. The molecule has 0 saturated heterocycles. The summed E-state index contributed by atoms with van der Waals surface area (Å²) in [6.45, 7) is 0. The average molecular weight is 239 g/mol. The number of carbonyl (C=O) groups is 1. The molecule has 3 heteroatoms. The van der Waals surface area contributed by atoms with E-state index in [9.17, 15) is 4.79 Å². The van der Waals surface area contributed by atoms with Crippen LogP contribution in [-0.2, 0) is 4.74 Å². The quantitative estimate of drug-likeness (QED) is 0.763. The van der Waals surface area contributed by atoms with Gasteiger partial charge in [-0.3, -0.25) is 4.90 Å². The van der Waals surface area contributed by atoms with Crippen LogP contribution in [-0.4, -0.2) is 13.1 Å². The van der Waals surface area contributed by atoms with Crippen LogP contribution in [0.4, 0.5) is 10.5 Å². The van der Waals surface area contributed by atoms with Gasteiger partial charge in [0.1, 0.15) is 0 Å². The van der Waals surface area contributed by atoms with Crippen LogP contribution in [0.15, 0.2) is 54.6 Å². The molecular weight excluding hydrogens is 226 g/mol. The molecule has 3 nitrogen and oxygen atoms in total. The van der Waals surface area contributed by atoms with Crippen molar-refractivity contribution >= 4 is 11.8 Å². The van der Waals surface area contributed by atoms with Crippen molar-refractivity contribution in [2.24, 2.45) is 0 Å². The summed E-state index contributed by atoms with van der Waals surface area (Å²) in [5.74, 6) is 0. The molecule has 2 aromatic rings. The molecule has 0 saturated carbocycles. The third kappa shape index (κ3) is 1.64. The van der Waals surface area contributed by atoms with E-state index >= 15 is 0 Å². The summed E-state index contributed by atoms with van der Waals surface area (Å²) in [7, 11) is 1.72. The van der Waals surface area contributed by atoms with Crippen LogP contribution in [0.1, 0.15) is 17.2 Å². The Balaban J connectivity index is 2.13. The summed E-state index contributed by atoms with van der Waals surface area (Å²) >= 11 is 0. The highest BCUT2D eigenvalue weighted by molar-refractivity contribution is 5.90. The molecule has 0 radical (unpaired) electrons. The van der Waals surface area contributed by atoms with Gasteiger partial charge in [-0.25, -0.2) is 4.79 Å². The second kappa shape index (κ2) is 4.18. The fourth-order valence-corrected chi connectivity index (χ4v) is 2.23. The summed E-state index contributed by atoms with van der Waals surface area (Å²) < 4.78 is 5.50. The molecule has 90 valence electrons. The predicted molar refractivity (Wildman–Crippen MR) is 69.6 cm³/mol. The Labute approximate surface area is 106 Å². The van der Waals surface area contributed by atoms with Gasteiger partial charge in [0.25, 0.3) is 0 Å². The van der Waals surface area contributed by atoms with E-state index in [0.717, 1.165) is 16.8 Å². The van der Waals surface area contributed by atoms with Crippen molar-refractivity contribution in [3.05, 3.63) is 65.7 Å². The Bertz CT molecular complexity index is 580. The Hall–Kier alpha value is -2.29. The first kappa shape index (κ1) is 10.8. The zero-order valence-electron chi connectivity index (χ0n) is 10.0. The average Bonchev–Trinajstić information content (AvgIpc) is 2.44. The number of ether oxygens (including phenoxy) is 1. The molecule has 0 aromatic heterocycles. The number of cyclic esters (lactones) is 1. The highest BCUT2D eigenvalue weighted by atomic mass is 16.6. The topological polar surface area (TPSA) is 29.5 Å². The lowest BCUT2D eigenvalue weighted by atomic mass is 9.98. The smallest absolute Gasteiger partial charge is 0.414 e. The van der Waals surface area contributed by atoms with Crippen molar-refractivity contribution in [3.63, 3.8) is 0 Å². The molecule has 3 rings (SSSR count). The molecule has 1 unspecified atom stereocenters. The maximum atomic E-state index is 11.8. The zero-order valence-corrected chi connectivity index (χ0v) is 10.0. The van der Waals surface area contributed by atoms with Crippen LogP contribution in [0.5, 0.6) is 0 Å². The lowest BCUT2D eigenvalue weighted by Crippen LogP contribution is -2.34. The third-order valence-corrected chi connectivity index (χ3v) is 3.18. The molecule has 2 aromatic carbocycles. The van der Waals surface area contributed by atoms with E-state index in [-0.39, 0.29) is 12.2 Å². The molecule has 0 aliphatic carbocycles. The number of anilines is 1. The predicted octanol–water partition coefficient (Wildman–Crippen LogP) is 3.36. The number of para-hydroxylation sites is 1. The Morgan fingerprint density at radius 3 is 2.44 bits per heavy atom. The monoisotopic (exact) mass is 239 g/mol. The van der Waals surface area contributed by atoms with E-state index in [0.29, 0.717) is 0 Å². The number of benzene rings is 2. The van der Waals surface area contributed by atoms with Crippen LogP contribution in [0.3, 0.4) is 0 Å². The lowest BCUT2D eigenvalue weighted by Gasteiger charge is -2.31. The second-order valence-corrected chi connectivity index (χ2v) is 4.29. The maximum absolute atomic E-state index is 11.8. The summed E-state index contributed by atoms with van der Waals surface area (Å²) in [4.78, 5) is 13.4. The van der Waals surface area contributed by atoms with Gasteiger partial charge in [-0.05, 0) is 11.6 Å². The van der Waals surface area contributed by atoms with Crippen LogP contribution in [0.2, 0.25) is 0 Å². The van der Waals surface area contributed by atoms with Crippen molar-refractivity contribution in [2.75, 3.05) is 11.9 Å². The van der Waals surface area contributed by atoms with Crippen LogP contribution < -0.4 is 4.90 Å². The number of hydrogen-bond acceptors (Lipinski definition) is 2. The number of carbonyl (C=O) groups excluding carboxylic acids is 1. The van der Waals surface area contributed by atoms with Crippen molar-refractivity contribution < 1.29 is 9.53 Å². The zero-order chi connectivity index (χ0) is 12.5. The number of amides is 1. The number of fused-ring (bicyclic) bond motifs is 1. The van der Waals surface area contributed by atoms with E-state index in [4.69, 9.17) is 4.74 Å². The minimum absolute atomic E-state index is 0.314. The van der Waals surface area contributed by atoms with Gasteiger partial charge in [0.15, 0.2) is 6.10 Å². The molecule has 1 heterocycles. The van der Waals surface area contributed by atoms with Gasteiger partial charge in [-0.2, -0.15) is 0 Å². The van der Waals surface area contributed by atoms with Crippen molar-refractivity contribution in [1.29, 1.82) is 0 Å². The SMILES string of the molecule is CN1C(=O)OC(c2ccccc2)c2ccccc21. The van der Waals surface area contributed by atoms with E-state index in [2.05, 4.69) is 0 Å². The van der Waals surface area contributed by atoms with Crippen molar-refractivity contribution in [1.82, 2.24) is 0 Å². The minimum Gasteiger partial charge on any atom is -0.436 e. The highest BCUT2D eigenvalue weighted by Crippen LogP contribution is 2.37. The standard InChI is InChI=1S/C15H13NO2/c1-16-13-10-6-5-9-12(13)14(18-15(16)17)11-7-3-2-4-8-11/h2-10,14H,1H3. The highest BCUT2D eigenvalue weighted by Gasteiger charge is 2.30. The Morgan fingerprint density at radius 2 is 1.67 bits per heavy atom. The molecule has 0 bridgehead atoms. The Kier molecular flexibility index (Phi) is 2.52. The van der Waals surface area contributed by atoms with Gasteiger partial charge in [0.2, 0.25) is 0 Å². The van der Waals surface area contributed by atoms with Gasteiger partial charge in [-0.15, -0.1) is 0 Å². The lowest BCUT2D eigenvalue weighted by molar-refractivity contribution is 0.119. The summed E-state index contributed by atoms with van der Waals surface area (Å²) in [5.41, 5.74) is 2.92. The van der Waals surface area contributed by atoms with Crippen molar-refractivity contribution in [2.45, 2.75) is 6.10 Å². The molecule has 0 N–H and O–H groups in total. The van der Waals surface area contributed by atoms with Gasteiger partial charge in [0.05, 0.1) is 5.69 Å². The van der Waals surface area contributed by atoms with Crippen LogP contribution >= 0.6 is 0 Å². The molecule has 1 atom stereocenters. The van der Waals surface area contributed by atoms with Gasteiger partial charge >= 0.3 is 6.09 Å². The number of rotatable bonds is 1. The van der Waals surface area contributed by atoms with E-state index in [1.54, 1.807) is 7.05 Å². The normalized spacial score (nSPS) is 18.2. The third-order valence-electron chi connectivity index (χ3n) is 3.18. The second-order valence-electron chi connectivity index (χ2n) is 4.29. The number of nitrogens with zero attached hydrogens (tertiary/aromatic N) is 1. The Morgan fingerprint density at radius 1 is 1.00 bits per heavy atom. The number of hydrogen-bond donors (Lipinski definition) is 0. The minimum atomic E-state index is -0.317. The van der Waals surface area contributed by atoms with Crippen LogP contribution in [0.25, 0.3) is 0 Å². The molecule has 18 heavy (non-hydrogen) atoms. The van der Waals surface area contributed by atoms with E-state index in [1.165, 1.54) is 4.90 Å². The molecular formula is C15H13NO2. The first-order valence-electron chi connectivity index (χ1n) is 5.85.